The standard InChI is InChI=1S/C10H16O3/c1-5-6-10(12)13-9(4)7(2)8(3)11/h5-6H2,1-4H3/b9-7-. The van der Waals surface area contributed by atoms with Gasteiger partial charge in [0.2, 0.25) is 0 Å². The molecule has 0 aliphatic heterocycles. The predicted molar refractivity (Wildman–Crippen MR) is 50.1 cm³/mol. The van der Waals surface area contributed by atoms with Gasteiger partial charge in [0, 0.05) is 12.0 Å². The average molecular weight is 184 g/mol. The molecule has 0 heterocycles. The summed E-state index contributed by atoms with van der Waals surface area (Å²) in [6.45, 7) is 6.63. The van der Waals surface area contributed by atoms with Gasteiger partial charge in [0.15, 0.2) is 5.78 Å². The first-order valence-corrected chi connectivity index (χ1v) is 4.38. The van der Waals surface area contributed by atoms with E-state index >= 15 is 0 Å². The number of carbonyl (C=O) groups is 2. The fourth-order valence-electron chi connectivity index (χ4n) is 0.750. The summed E-state index contributed by atoms with van der Waals surface area (Å²) in [6.07, 6.45) is 1.15. The van der Waals surface area contributed by atoms with Crippen LogP contribution >= 0.6 is 0 Å². The molecule has 0 saturated heterocycles. The SMILES string of the molecule is CCCC(=O)O/C(C)=C(/C)C(C)=O. The van der Waals surface area contributed by atoms with Crippen LogP contribution in [0, 0.1) is 0 Å². The lowest BCUT2D eigenvalue weighted by Crippen LogP contribution is -2.05. The van der Waals surface area contributed by atoms with Crippen molar-refractivity contribution in [1.82, 2.24) is 0 Å². The van der Waals surface area contributed by atoms with Crippen LogP contribution in [-0.2, 0) is 14.3 Å². The fraction of sp³-hybridized carbons (Fsp3) is 0.600. The molecule has 0 aliphatic rings. The number of Topliss-reactive ketones (excluding diaryl/α,β-unsaturated/α-hetero) is 1. The van der Waals surface area contributed by atoms with E-state index in [0.717, 1.165) is 6.42 Å². The molecule has 0 amide bonds. The highest BCUT2D eigenvalue weighted by Gasteiger charge is 2.07. The van der Waals surface area contributed by atoms with E-state index in [0.29, 0.717) is 17.8 Å². The number of allylic oxidation sites excluding steroid dienone is 2. The molecule has 0 aliphatic carbocycles. The third-order valence-corrected chi connectivity index (χ3v) is 1.78. The van der Waals surface area contributed by atoms with Crippen LogP contribution in [0.1, 0.15) is 40.5 Å². The Morgan fingerprint density at radius 1 is 1.15 bits per heavy atom. The second-order valence-corrected chi connectivity index (χ2v) is 2.96. The van der Waals surface area contributed by atoms with Crippen LogP contribution in [0.2, 0.25) is 0 Å². The normalized spacial score (nSPS) is 12.0. The molecule has 0 aromatic rings. The van der Waals surface area contributed by atoms with Gasteiger partial charge in [-0.25, -0.2) is 0 Å². The molecule has 0 aromatic heterocycles. The molecule has 0 radical (unpaired) electrons. The zero-order chi connectivity index (χ0) is 10.4. The number of ketones is 1. The molecule has 0 aromatic carbocycles. The van der Waals surface area contributed by atoms with Gasteiger partial charge in [-0.3, -0.25) is 9.59 Å². The Labute approximate surface area is 78.8 Å². The Hall–Kier alpha value is -1.12. The summed E-state index contributed by atoms with van der Waals surface area (Å²) in [5.74, 6) is 0.0633. The Morgan fingerprint density at radius 3 is 2.08 bits per heavy atom. The van der Waals surface area contributed by atoms with Gasteiger partial charge < -0.3 is 4.74 Å². The number of hydrogen-bond acceptors (Lipinski definition) is 3. The van der Waals surface area contributed by atoms with Crippen molar-refractivity contribution in [1.29, 1.82) is 0 Å². The molecule has 0 spiro atoms. The fourth-order valence-corrected chi connectivity index (χ4v) is 0.750. The van der Waals surface area contributed by atoms with Crippen molar-refractivity contribution in [2.24, 2.45) is 0 Å². The summed E-state index contributed by atoms with van der Waals surface area (Å²) in [7, 11) is 0. The summed E-state index contributed by atoms with van der Waals surface area (Å²) in [5.41, 5.74) is 0.504. The number of esters is 1. The predicted octanol–water partition coefficient (Wildman–Crippen LogP) is 2.21. The van der Waals surface area contributed by atoms with Crippen molar-refractivity contribution >= 4 is 11.8 Å². The molecule has 0 fully saturated rings. The first-order valence-electron chi connectivity index (χ1n) is 4.38. The van der Waals surface area contributed by atoms with Crippen LogP contribution in [0.25, 0.3) is 0 Å². The smallest absolute Gasteiger partial charge is 0.310 e. The second-order valence-electron chi connectivity index (χ2n) is 2.96. The molecule has 0 bridgehead atoms. The van der Waals surface area contributed by atoms with Gasteiger partial charge in [-0.15, -0.1) is 0 Å². The molecule has 0 rings (SSSR count). The maximum absolute atomic E-state index is 11.0. The summed E-state index contributed by atoms with van der Waals surface area (Å²) in [6, 6.07) is 0. The topological polar surface area (TPSA) is 43.4 Å². The van der Waals surface area contributed by atoms with E-state index in [1.165, 1.54) is 6.92 Å². The van der Waals surface area contributed by atoms with E-state index in [1.807, 2.05) is 6.92 Å². The van der Waals surface area contributed by atoms with E-state index in [-0.39, 0.29) is 11.8 Å². The Bertz CT molecular complexity index is 239. The molecule has 0 saturated carbocycles. The molecule has 74 valence electrons. The van der Waals surface area contributed by atoms with E-state index in [9.17, 15) is 9.59 Å². The molecule has 3 nitrogen and oxygen atoms in total. The first kappa shape index (κ1) is 11.9. The van der Waals surface area contributed by atoms with Crippen LogP contribution in [0.15, 0.2) is 11.3 Å². The lowest BCUT2D eigenvalue weighted by atomic mass is 10.2. The summed E-state index contributed by atoms with van der Waals surface area (Å²) < 4.78 is 4.93. The number of hydrogen-bond donors (Lipinski definition) is 0. The molecule has 13 heavy (non-hydrogen) atoms. The first-order chi connectivity index (χ1) is 5.99. The van der Waals surface area contributed by atoms with Gasteiger partial charge in [-0.05, 0) is 27.2 Å². The van der Waals surface area contributed by atoms with Crippen molar-refractivity contribution in [2.75, 3.05) is 0 Å². The Kier molecular flexibility index (Phi) is 5.04. The minimum atomic E-state index is -0.277. The largest absolute Gasteiger partial charge is 0.431 e. The van der Waals surface area contributed by atoms with Crippen LogP contribution in [0.4, 0.5) is 0 Å². The quantitative estimate of drug-likeness (QED) is 0.382. The van der Waals surface area contributed by atoms with Crippen LogP contribution < -0.4 is 0 Å². The van der Waals surface area contributed by atoms with Crippen molar-refractivity contribution < 1.29 is 14.3 Å². The average Bonchev–Trinajstić information content (AvgIpc) is 2.03. The maximum atomic E-state index is 11.0. The van der Waals surface area contributed by atoms with Crippen molar-refractivity contribution in [3.63, 3.8) is 0 Å². The molecule has 0 atom stereocenters. The summed E-state index contributed by atoms with van der Waals surface area (Å²) in [5, 5.41) is 0. The highest BCUT2D eigenvalue weighted by Crippen LogP contribution is 2.07. The van der Waals surface area contributed by atoms with Gasteiger partial charge >= 0.3 is 5.97 Å². The third kappa shape index (κ3) is 4.45. The van der Waals surface area contributed by atoms with E-state index in [4.69, 9.17) is 4.74 Å². The van der Waals surface area contributed by atoms with Crippen molar-refractivity contribution in [3.05, 3.63) is 11.3 Å². The Morgan fingerprint density at radius 2 is 1.69 bits per heavy atom. The highest BCUT2D eigenvalue weighted by atomic mass is 16.5. The maximum Gasteiger partial charge on any atom is 0.310 e. The number of rotatable bonds is 4. The highest BCUT2D eigenvalue weighted by molar-refractivity contribution is 5.93. The van der Waals surface area contributed by atoms with Crippen molar-refractivity contribution in [3.8, 4) is 0 Å². The van der Waals surface area contributed by atoms with Gasteiger partial charge in [0.1, 0.15) is 5.76 Å². The minimum absolute atomic E-state index is 0.0678. The molecular formula is C10H16O3. The lowest BCUT2D eigenvalue weighted by Gasteiger charge is -2.05. The van der Waals surface area contributed by atoms with Crippen molar-refractivity contribution in [2.45, 2.75) is 40.5 Å². The second kappa shape index (κ2) is 5.51. The van der Waals surface area contributed by atoms with Gasteiger partial charge in [0.05, 0.1) is 0 Å². The molecular weight excluding hydrogens is 168 g/mol. The molecule has 0 unspecified atom stereocenters. The minimum Gasteiger partial charge on any atom is -0.431 e. The molecule has 3 heteroatoms. The van der Waals surface area contributed by atoms with Gasteiger partial charge in [-0.2, -0.15) is 0 Å². The van der Waals surface area contributed by atoms with Gasteiger partial charge in [0.25, 0.3) is 0 Å². The Balaban J connectivity index is 4.28. The van der Waals surface area contributed by atoms with E-state index in [2.05, 4.69) is 0 Å². The summed E-state index contributed by atoms with van der Waals surface area (Å²) >= 11 is 0. The summed E-state index contributed by atoms with van der Waals surface area (Å²) in [4.78, 5) is 21.9. The number of ether oxygens (including phenoxy) is 1. The van der Waals surface area contributed by atoms with Crippen LogP contribution in [0.5, 0.6) is 0 Å². The van der Waals surface area contributed by atoms with E-state index in [1.54, 1.807) is 13.8 Å². The lowest BCUT2D eigenvalue weighted by molar-refractivity contribution is -0.139. The van der Waals surface area contributed by atoms with Crippen LogP contribution in [0.3, 0.4) is 0 Å². The van der Waals surface area contributed by atoms with Crippen LogP contribution in [-0.4, -0.2) is 11.8 Å². The molecule has 0 N–H and O–H groups in total. The van der Waals surface area contributed by atoms with Gasteiger partial charge in [-0.1, -0.05) is 6.92 Å². The third-order valence-electron chi connectivity index (χ3n) is 1.78. The number of carbonyl (C=O) groups excluding carboxylic acids is 2. The van der Waals surface area contributed by atoms with E-state index < -0.39 is 0 Å². The zero-order valence-corrected chi connectivity index (χ0v) is 8.64. The zero-order valence-electron chi connectivity index (χ0n) is 8.64. The monoisotopic (exact) mass is 184 g/mol.